The van der Waals surface area contributed by atoms with Crippen molar-refractivity contribution >= 4 is 5.91 Å². The molecule has 0 atom stereocenters. The Morgan fingerprint density at radius 2 is 1.64 bits per heavy atom. The molecule has 14 heavy (non-hydrogen) atoms. The zero-order valence-corrected chi connectivity index (χ0v) is 7.81. The van der Waals surface area contributed by atoms with Gasteiger partial charge in [-0.25, -0.2) is 0 Å². The quantitative estimate of drug-likeness (QED) is 0.687. The minimum atomic E-state index is -0.845. The van der Waals surface area contributed by atoms with Crippen molar-refractivity contribution in [2.24, 2.45) is 5.18 Å². The molecule has 0 spiro atoms. The van der Waals surface area contributed by atoms with Crippen LogP contribution in [-0.2, 0) is 0 Å². The number of amides is 1. The van der Waals surface area contributed by atoms with Crippen LogP contribution in [-0.4, -0.2) is 20.1 Å². The number of nitroso groups, excluding NO2 is 1. The highest BCUT2D eigenvalue weighted by Gasteiger charge is 2.09. The molecule has 1 amide bonds. The van der Waals surface area contributed by atoms with Crippen molar-refractivity contribution in [3.8, 4) is 11.5 Å². The smallest absolute Gasteiger partial charge is 0.317 e. The van der Waals surface area contributed by atoms with Gasteiger partial charge in [-0.3, -0.25) is 4.79 Å². The molecule has 0 unspecified atom stereocenters. The minimum Gasteiger partial charge on any atom is -0.497 e. The largest absolute Gasteiger partial charge is 0.497 e. The van der Waals surface area contributed by atoms with Gasteiger partial charge < -0.3 is 9.47 Å². The first-order valence-electron chi connectivity index (χ1n) is 3.82. The summed E-state index contributed by atoms with van der Waals surface area (Å²) in [6, 6.07) is 4.44. The van der Waals surface area contributed by atoms with E-state index in [2.05, 4.69) is 5.18 Å². The van der Waals surface area contributed by atoms with E-state index in [1.165, 1.54) is 26.4 Å². The van der Waals surface area contributed by atoms with Crippen LogP contribution >= 0.6 is 0 Å². The lowest BCUT2D eigenvalue weighted by Crippen LogP contribution is -1.96. The van der Waals surface area contributed by atoms with Crippen LogP contribution in [0.25, 0.3) is 0 Å². The van der Waals surface area contributed by atoms with Crippen LogP contribution in [0.5, 0.6) is 11.5 Å². The highest BCUT2D eigenvalue weighted by atomic mass is 16.5. The molecule has 0 aromatic heterocycles. The van der Waals surface area contributed by atoms with E-state index < -0.39 is 5.91 Å². The van der Waals surface area contributed by atoms with Crippen molar-refractivity contribution in [1.82, 2.24) is 0 Å². The summed E-state index contributed by atoms with van der Waals surface area (Å²) in [5.74, 6) is 0.0369. The maximum absolute atomic E-state index is 11.0. The van der Waals surface area contributed by atoms with E-state index in [-0.39, 0.29) is 5.56 Å². The van der Waals surface area contributed by atoms with E-state index in [4.69, 9.17) is 9.47 Å². The summed E-state index contributed by atoms with van der Waals surface area (Å²) in [6.45, 7) is 0. The Kier molecular flexibility index (Phi) is 3.17. The third-order valence-electron chi connectivity index (χ3n) is 1.68. The fourth-order valence-electron chi connectivity index (χ4n) is 0.984. The molecular formula is C9H9NO4. The van der Waals surface area contributed by atoms with Gasteiger partial charge in [0.25, 0.3) is 0 Å². The number of carbonyl (C=O) groups excluding carboxylic acids is 1. The molecule has 1 aromatic carbocycles. The molecule has 0 bridgehead atoms. The topological polar surface area (TPSA) is 65.0 Å². The Labute approximate surface area is 80.6 Å². The van der Waals surface area contributed by atoms with Crippen LogP contribution in [0.3, 0.4) is 0 Å². The van der Waals surface area contributed by atoms with Crippen LogP contribution in [0.2, 0.25) is 0 Å². The number of nitrogens with zero attached hydrogens (tertiary/aromatic N) is 1. The second-order valence-corrected chi connectivity index (χ2v) is 2.50. The zero-order chi connectivity index (χ0) is 10.6. The number of carbonyl (C=O) groups is 1. The zero-order valence-electron chi connectivity index (χ0n) is 7.81. The van der Waals surface area contributed by atoms with Crippen molar-refractivity contribution in [3.05, 3.63) is 28.7 Å². The van der Waals surface area contributed by atoms with Crippen LogP contribution < -0.4 is 9.47 Å². The normalized spacial score (nSPS) is 9.29. The van der Waals surface area contributed by atoms with E-state index in [9.17, 15) is 9.70 Å². The number of methoxy groups -OCH3 is 2. The first kappa shape index (κ1) is 10.2. The summed E-state index contributed by atoms with van der Waals surface area (Å²) in [5, 5.41) is 2.31. The fraction of sp³-hybridized carbons (Fsp3) is 0.222. The van der Waals surface area contributed by atoms with Crippen LogP contribution in [0, 0.1) is 4.91 Å². The molecule has 0 N–H and O–H groups in total. The highest BCUT2D eigenvalue weighted by Crippen LogP contribution is 2.22. The van der Waals surface area contributed by atoms with Gasteiger partial charge in [-0.2, -0.15) is 0 Å². The summed E-state index contributed by atoms with van der Waals surface area (Å²) < 4.78 is 9.83. The van der Waals surface area contributed by atoms with E-state index in [1.807, 2.05) is 0 Å². The van der Waals surface area contributed by atoms with Crippen molar-refractivity contribution in [1.29, 1.82) is 0 Å². The highest BCUT2D eigenvalue weighted by molar-refractivity contribution is 5.95. The first-order chi connectivity index (χ1) is 6.71. The summed E-state index contributed by atoms with van der Waals surface area (Å²) >= 11 is 0. The minimum absolute atomic E-state index is 0.149. The SMILES string of the molecule is COc1cc(OC)cc(C(=O)N=O)c1. The Morgan fingerprint density at radius 3 is 2.00 bits per heavy atom. The lowest BCUT2D eigenvalue weighted by atomic mass is 10.2. The Hall–Kier alpha value is -1.91. The van der Waals surface area contributed by atoms with Crippen LogP contribution in [0.1, 0.15) is 10.4 Å². The lowest BCUT2D eigenvalue weighted by Gasteiger charge is -2.04. The molecule has 0 saturated heterocycles. The molecule has 0 aliphatic carbocycles. The molecule has 74 valence electrons. The number of benzene rings is 1. The predicted octanol–water partition coefficient (Wildman–Crippen LogP) is 1.61. The van der Waals surface area contributed by atoms with E-state index in [0.717, 1.165) is 0 Å². The summed E-state index contributed by atoms with van der Waals surface area (Å²) in [6.07, 6.45) is 0. The molecular weight excluding hydrogens is 186 g/mol. The van der Waals surface area contributed by atoms with Crippen molar-refractivity contribution in [2.45, 2.75) is 0 Å². The Bertz CT molecular complexity index is 340. The average molecular weight is 195 g/mol. The predicted molar refractivity (Wildman–Crippen MR) is 49.7 cm³/mol. The molecule has 0 aliphatic rings. The molecule has 1 aromatic rings. The number of rotatable bonds is 3. The monoisotopic (exact) mass is 195 g/mol. The van der Waals surface area contributed by atoms with E-state index >= 15 is 0 Å². The summed E-state index contributed by atoms with van der Waals surface area (Å²) in [7, 11) is 2.91. The fourth-order valence-corrected chi connectivity index (χ4v) is 0.984. The average Bonchev–Trinajstić information content (AvgIpc) is 2.27. The number of hydrogen-bond acceptors (Lipinski definition) is 4. The van der Waals surface area contributed by atoms with Crippen LogP contribution in [0.15, 0.2) is 23.4 Å². The molecule has 0 fully saturated rings. The molecule has 5 heteroatoms. The molecule has 1 rings (SSSR count). The third kappa shape index (κ3) is 2.07. The van der Waals surface area contributed by atoms with Crippen molar-refractivity contribution in [3.63, 3.8) is 0 Å². The molecule has 0 radical (unpaired) electrons. The van der Waals surface area contributed by atoms with Crippen molar-refractivity contribution < 1.29 is 14.3 Å². The first-order valence-corrected chi connectivity index (χ1v) is 3.82. The molecule has 0 heterocycles. The summed E-state index contributed by atoms with van der Waals surface area (Å²) in [4.78, 5) is 21.0. The second kappa shape index (κ2) is 4.36. The maximum Gasteiger partial charge on any atom is 0.317 e. The molecule has 5 nitrogen and oxygen atoms in total. The van der Waals surface area contributed by atoms with Gasteiger partial charge in [0.15, 0.2) is 0 Å². The van der Waals surface area contributed by atoms with Gasteiger partial charge in [-0.15, -0.1) is 4.91 Å². The Balaban J connectivity index is 3.16. The van der Waals surface area contributed by atoms with E-state index in [0.29, 0.717) is 11.5 Å². The summed E-state index contributed by atoms with van der Waals surface area (Å²) in [5.41, 5.74) is 0.149. The van der Waals surface area contributed by atoms with Gasteiger partial charge in [0, 0.05) is 11.2 Å². The number of ether oxygens (including phenoxy) is 2. The van der Waals surface area contributed by atoms with E-state index in [1.54, 1.807) is 6.07 Å². The maximum atomic E-state index is 11.0. The lowest BCUT2D eigenvalue weighted by molar-refractivity contribution is 0.1000. The van der Waals surface area contributed by atoms with Gasteiger partial charge in [0.05, 0.1) is 19.8 Å². The molecule has 0 aliphatic heterocycles. The second-order valence-electron chi connectivity index (χ2n) is 2.50. The van der Waals surface area contributed by atoms with Gasteiger partial charge in [-0.1, -0.05) is 0 Å². The number of hydrogen-bond donors (Lipinski definition) is 0. The Morgan fingerprint density at radius 1 is 1.14 bits per heavy atom. The van der Waals surface area contributed by atoms with Crippen molar-refractivity contribution in [2.75, 3.05) is 14.2 Å². The standard InChI is InChI=1S/C9H9NO4/c1-13-7-3-6(9(11)10-12)4-8(5-7)14-2/h3-5H,1-2H3. The van der Waals surface area contributed by atoms with Gasteiger partial charge in [-0.05, 0) is 12.1 Å². The molecule has 0 saturated carbocycles. The van der Waals surface area contributed by atoms with Gasteiger partial charge in [0.2, 0.25) is 0 Å². The van der Waals surface area contributed by atoms with Gasteiger partial charge >= 0.3 is 5.91 Å². The van der Waals surface area contributed by atoms with Crippen LogP contribution in [0.4, 0.5) is 0 Å². The van der Waals surface area contributed by atoms with Gasteiger partial charge in [0.1, 0.15) is 11.5 Å². The third-order valence-corrected chi connectivity index (χ3v) is 1.68.